The van der Waals surface area contributed by atoms with Crippen LogP contribution in [0.1, 0.15) is 40.3 Å². The molecule has 0 unspecified atom stereocenters. The first-order valence-corrected chi connectivity index (χ1v) is 8.71. The van der Waals surface area contributed by atoms with Gasteiger partial charge in [-0.05, 0) is 37.6 Å². The van der Waals surface area contributed by atoms with Gasteiger partial charge in [0.15, 0.2) is 0 Å². The number of aromatic amines is 1. The second-order valence-electron chi connectivity index (χ2n) is 6.76. The number of benzene rings is 1. The largest absolute Gasteiger partial charge is 0.465 e. The van der Waals surface area contributed by atoms with E-state index in [1.165, 1.54) is 7.11 Å². The maximum absolute atomic E-state index is 12.7. The van der Waals surface area contributed by atoms with E-state index in [4.69, 9.17) is 4.74 Å². The molecule has 7 heteroatoms. The Morgan fingerprint density at radius 3 is 2.35 bits per heavy atom. The van der Waals surface area contributed by atoms with Crippen LogP contribution in [-0.2, 0) is 11.3 Å². The molecule has 2 atom stereocenters. The van der Waals surface area contributed by atoms with Gasteiger partial charge in [0, 0.05) is 37.9 Å². The third-order valence-electron chi connectivity index (χ3n) is 4.74. The highest BCUT2D eigenvalue weighted by Crippen LogP contribution is 2.20. The second-order valence-corrected chi connectivity index (χ2v) is 6.76. The Hall–Kier alpha value is -2.67. The molecule has 7 nitrogen and oxygen atoms in total. The van der Waals surface area contributed by atoms with Crippen molar-refractivity contribution in [3.05, 3.63) is 53.3 Å². The number of methoxy groups -OCH3 is 1. The summed E-state index contributed by atoms with van der Waals surface area (Å²) < 4.78 is 4.73. The molecule has 1 aromatic heterocycles. The minimum atomic E-state index is -0.329. The predicted octanol–water partition coefficient (Wildman–Crippen LogP) is 1.93. The van der Waals surface area contributed by atoms with Gasteiger partial charge in [-0.25, -0.2) is 4.79 Å². The smallest absolute Gasteiger partial charge is 0.337 e. The van der Waals surface area contributed by atoms with Crippen molar-refractivity contribution in [2.75, 3.05) is 20.2 Å². The van der Waals surface area contributed by atoms with Gasteiger partial charge in [0.25, 0.3) is 5.91 Å². The predicted molar refractivity (Wildman–Crippen MR) is 96.7 cm³/mol. The maximum atomic E-state index is 12.7. The van der Waals surface area contributed by atoms with E-state index in [1.54, 1.807) is 24.4 Å². The molecule has 2 aromatic rings. The van der Waals surface area contributed by atoms with Crippen LogP contribution in [0.4, 0.5) is 0 Å². The van der Waals surface area contributed by atoms with Crippen LogP contribution >= 0.6 is 0 Å². The molecule has 1 saturated heterocycles. The van der Waals surface area contributed by atoms with Crippen molar-refractivity contribution >= 4 is 11.9 Å². The van der Waals surface area contributed by atoms with E-state index in [-0.39, 0.29) is 24.0 Å². The van der Waals surface area contributed by atoms with E-state index in [1.807, 2.05) is 17.0 Å². The molecule has 0 spiro atoms. The van der Waals surface area contributed by atoms with Crippen LogP contribution in [0, 0.1) is 0 Å². The lowest BCUT2D eigenvalue weighted by molar-refractivity contribution is 0.0263. The number of H-pyrrole nitrogens is 1. The van der Waals surface area contributed by atoms with Crippen LogP contribution in [0.5, 0.6) is 0 Å². The Kier molecular flexibility index (Phi) is 5.37. The summed E-state index contributed by atoms with van der Waals surface area (Å²) in [6.07, 6.45) is 1.59. The van der Waals surface area contributed by atoms with E-state index in [0.29, 0.717) is 11.3 Å². The third-order valence-corrected chi connectivity index (χ3v) is 4.74. The van der Waals surface area contributed by atoms with Crippen molar-refractivity contribution in [3.63, 3.8) is 0 Å². The van der Waals surface area contributed by atoms with Crippen LogP contribution in [0.15, 0.2) is 36.5 Å². The molecule has 26 heavy (non-hydrogen) atoms. The highest BCUT2D eigenvalue weighted by molar-refractivity contribution is 5.92. The molecule has 1 fully saturated rings. The fourth-order valence-electron chi connectivity index (χ4n) is 3.60. The van der Waals surface area contributed by atoms with E-state index >= 15 is 0 Å². The summed E-state index contributed by atoms with van der Waals surface area (Å²) in [6, 6.07) is 9.37. The zero-order chi connectivity index (χ0) is 18.7. The van der Waals surface area contributed by atoms with E-state index in [9.17, 15) is 9.59 Å². The van der Waals surface area contributed by atoms with E-state index in [2.05, 4.69) is 28.9 Å². The Morgan fingerprint density at radius 1 is 1.15 bits per heavy atom. The van der Waals surface area contributed by atoms with E-state index in [0.717, 1.165) is 25.2 Å². The summed E-state index contributed by atoms with van der Waals surface area (Å²) in [6.45, 7) is 6.50. The normalized spacial score (nSPS) is 20.8. The van der Waals surface area contributed by atoms with Crippen LogP contribution in [0.2, 0.25) is 0 Å². The summed E-state index contributed by atoms with van der Waals surface area (Å²) in [5.74, 6) is -0.339. The zero-order valence-corrected chi connectivity index (χ0v) is 15.3. The molecular formula is C19H24N4O3. The number of aromatic nitrogens is 2. The molecule has 0 radical (unpaired) electrons. The monoisotopic (exact) mass is 356 g/mol. The summed E-state index contributed by atoms with van der Waals surface area (Å²) in [4.78, 5) is 28.4. The van der Waals surface area contributed by atoms with Gasteiger partial charge in [0.2, 0.25) is 0 Å². The first kappa shape index (κ1) is 18.1. The Morgan fingerprint density at radius 2 is 1.81 bits per heavy atom. The number of hydrogen-bond donors (Lipinski definition) is 1. The molecule has 0 bridgehead atoms. The highest BCUT2D eigenvalue weighted by atomic mass is 16.5. The lowest BCUT2D eigenvalue weighted by Crippen LogP contribution is -2.58. The number of hydrogen-bond acceptors (Lipinski definition) is 5. The SMILES string of the molecule is COC(=O)c1ccc(CN2C[C@@H](C)N(C(=O)c3ccn[nH]3)[C@@H](C)C2)cc1. The lowest BCUT2D eigenvalue weighted by Gasteiger charge is -2.44. The number of nitrogens with one attached hydrogen (secondary N) is 1. The lowest BCUT2D eigenvalue weighted by atomic mass is 10.1. The van der Waals surface area contributed by atoms with E-state index < -0.39 is 0 Å². The molecule has 138 valence electrons. The summed E-state index contributed by atoms with van der Waals surface area (Å²) in [7, 11) is 1.38. The molecule has 0 saturated carbocycles. The van der Waals surface area contributed by atoms with Crippen LogP contribution in [0.3, 0.4) is 0 Å². The number of esters is 1. The topological polar surface area (TPSA) is 78.5 Å². The number of amides is 1. The van der Waals surface area contributed by atoms with Crippen molar-refractivity contribution in [2.24, 2.45) is 0 Å². The number of ether oxygens (including phenoxy) is 1. The van der Waals surface area contributed by atoms with Gasteiger partial charge in [-0.3, -0.25) is 14.8 Å². The minimum absolute atomic E-state index is 0.00965. The highest BCUT2D eigenvalue weighted by Gasteiger charge is 2.33. The number of carbonyl (C=O) groups is 2. The fraction of sp³-hybridized carbons (Fsp3) is 0.421. The number of piperazine rings is 1. The maximum Gasteiger partial charge on any atom is 0.337 e. The molecule has 1 aliphatic rings. The summed E-state index contributed by atoms with van der Waals surface area (Å²) >= 11 is 0. The van der Waals surface area contributed by atoms with Gasteiger partial charge in [0.05, 0.1) is 12.7 Å². The Labute approximate surface area is 152 Å². The number of nitrogens with zero attached hydrogens (tertiary/aromatic N) is 3. The van der Waals surface area contributed by atoms with Crippen molar-refractivity contribution in [1.29, 1.82) is 0 Å². The van der Waals surface area contributed by atoms with Crippen molar-refractivity contribution in [3.8, 4) is 0 Å². The minimum Gasteiger partial charge on any atom is -0.465 e. The van der Waals surface area contributed by atoms with Gasteiger partial charge in [-0.15, -0.1) is 0 Å². The quantitative estimate of drug-likeness (QED) is 0.847. The standard InChI is InChI=1S/C19H24N4O3/c1-13-10-22(12-15-4-6-16(7-5-15)19(25)26-3)11-14(2)23(13)18(24)17-8-9-20-21-17/h4-9,13-14H,10-12H2,1-3H3,(H,20,21)/t13-,14+. The third kappa shape index (κ3) is 3.77. The zero-order valence-electron chi connectivity index (χ0n) is 15.3. The van der Waals surface area contributed by atoms with Gasteiger partial charge >= 0.3 is 5.97 Å². The number of carbonyl (C=O) groups excluding carboxylic acids is 2. The molecule has 1 amide bonds. The fourth-order valence-corrected chi connectivity index (χ4v) is 3.60. The molecule has 3 rings (SSSR count). The van der Waals surface area contributed by atoms with Gasteiger partial charge in [-0.2, -0.15) is 5.10 Å². The van der Waals surface area contributed by atoms with Gasteiger partial charge in [-0.1, -0.05) is 12.1 Å². The second kappa shape index (κ2) is 7.70. The molecule has 1 aromatic carbocycles. The summed E-state index contributed by atoms with van der Waals surface area (Å²) in [5.41, 5.74) is 2.20. The van der Waals surface area contributed by atoms with Crippen molar-refractivity contribution in [1.82, 2.24) is 20.0 Å². The van der Waals surface area contributed by atoms with Gasteiger partial charge < -0.3 is 9.64 Å². The van der Waals surface area contributed by atoms with Crippen LogP contribution in [-0.4, -0.2) is 64.2 Å². The first-order chi connectivity index (χ1) is 12.5. The summed E-state index contributed by atoms with van der Waals surface area (Å²) in [5, 5.41) is 6.62. The molecular weight excluding hydrogens is 332 g/mol. The van der Waals surface area contributed by atoms with Crippen LogP contribution < -0.4 is 0 Å². The molecule has 1 N–H and O–H groups in total. The van der Waals surface area contributed by atoms with Crippen molar-refractivity contribution < 1.29 is 14.3 Å². The van der Waals surface area contributed by atoms with Crippen LogP contribution in [0.25, 0.3) is 0 Å². The molecule has 0 aliphatic carbocycles. The average Bonchev–Trinajstić information content (AvgIpc) is 3.15. The Bertz CT molecular complexity index is 746. The van der Waals surface area contributed by atoms with Gasteiger partial charge in [0.1, 0.15) is 5.69 Å². The van der Waals surface area contributed by atoms with Crippen molar-refractivity contribution in [2.45, 2.75) is 32.5 Å². The number of rotatable bonds is 4. The molecule has 2 heterocycles. The average molecular weight is 356 g/mol. The molecule has 1 aliphatic heterocycles. The Balaban J connectivity index is 1.64. The first-order valence-electron chi connectivity index (χ1n) is 8.71.